The maximum Gasteiger partial charge on any atom is 0.335 e. The van der Waals surface area contributed by atoms with E-state index in [1.165, 1.54) is 24.3 Å². The molecule has 0 aliphatic rings. The molecule has 0 amide bonds. The van der Waals surface area contributed by atoms with Gasteiger partial charge in [0.05, 0.1) is 12.2 Å². The second kappa shape index (κ2) is 6.57. The van der Waals surface area contributed by atoms with E-state index in [0.29, 0.717) is 18.3 Å². The van der Waals surface area contributed by atoms with Gasteiger partial charge in [-0.1, -0.05) is 13.8 Å². The number of carboxylic acids is 1. The van der Waals surface area contributed by atoms with E-state index in [-0.39, 0.29) is 11.3 Å². The van der Waals surface area contributed by atoms with Crippen molar-refractivity contribution < 1.29 is 19.4 Å². The third-order valence-corrected chi connectivity index (χ3v) is 2.32. The first-order valence-corrected chi connectivity index (χ1v) is 5.62. The minimum Gasteiger partial charge on any atom is -0.491 e. The Kier molecular flexibility index (Phi) is 5.08. The summed E-state index contributed by atoms with van der Waals surface area (Å²) in [5.41, 5.74) is 0.244. The number of hydrogen-bond acceptors (Lipinski definition) is 4. The van der Waals surface area contributed by atoms with Gasteiger partial charge in [0, 0.05) is 0 Å². The molecule has 1 N–H and O–H groups in total. The zero-order valence-electron chi connectivity index (χ0n) is 10.3. The summed E-state index contributed by atoms with van der Waals surface area (Å²) in [7, 11) is 0. The molecule has 5 nitrogen and oxygen atoms in total. The van der Waals surface area contributed by atoms with Crippen LogP contribution in [0.4, 0.5) is 5.69 Å². The average Bonchev–Trinajstić information content (AvgIpc) is 2.30. The van der Waals surface area contributed by atoms with Gasteiger partial charge >= 0.3 is 5.97 Å². The van der Waals surface area contributed by atoms with E-state index in [4.69, 9.17) is 9.84 Å². The molecule has 0 bridgehead atoms. The number of ether oxygens (including phenoxy) is 1. The molecule has 18 heavy (non-hydrogen) atoms. The van der Waals surface area contributed by atoms with E-state index >= 15 is 0 Å². The van der Waals surface area contributed by atoms with E-state index < -0.39 is 5.97 Å². The zero-order chi connectivity index (χ0) is 13.5. The number of aromatic carboxylic acids is 1. The fourth-order valence-corrected chi connectivity index (χ4v) is 1.31. The first-order valence-electron chi connectivity index (χ1n) is 5.62. The molecule has 0 radical (unpaired) electrons. The molecule has 1 aromatic carbocycles. The maximum absolute atomic E-state index is 10.8. The van der Waals surface area contributed by atoms with Crippen LogP contribution >= 0.6 is 0 Å². The third kappa shape index (κ3) is 4.03. The molecule has 0 fully saturated rings. The molecule has 5 heteroatoms. The van der Waals surface area contributed by atoms with E-state index in [9.17, 15) is 9.59 Å². The van der Waals surface area contributed by atoms with Crippen molar-refractivity contribution >= 4 is 17.7 Å². The van der Waals surface area contributed by atoms with Crippen molar-refractivity contribution in [3.8, 4) is 5.75 Å². The van der Waals surface area contributed by atoms with E-state index in [1.54, 1.807) is 0 Å². The minimum atomic E-state index is -1.08. The van der Waals surface area contributed by atoms with Gasteiger partial charge in [-0.3, -0.25) is 0 Å². The number of carboxylic acid groups (broad SMARTS) is 1. The summed E-state index contributed by atoms with van der Waals surface area (Å²) in [6.45, 7) is 4.63. The lowest BCUT2D eigenvalue weighted by molar-refractivity contribution is 0.0697. The highest BCUT2D eigenvalue weighted by molar-refractivity contribution is 5.89. The van der Waals surface area contributed by atoms with Gasteiger partial charge < -0.3 is 9.84 Å². The second-order valence-electron chi connectivity index (χ2n) is 4.22. The molecule has 1 rings (SSSR count). The standard InChI is InChI=1S/C13H15NO4/c1-9(2)5-6-18-12-4-3-10(13(16)17)7-11(12)14-8-15/h3-4,7,9H,5-6H2,1-2H3,(H,16,17). The topological polar surface area (TPSA) is 76.0 Å². The van der Waals surface area contributed by atoms with Crippen LogP contribution in [0, 0.1) is 5.92 Å². The molecule has 1 aromatic rings. The molecule has 96 valence electrons. The summed E-state index contributed by atoms with van der Waals surface area (Å²) in [5.74, 6) is -0.184. The van der Waals surface area contributed by atoms with Crippen LogP contribution in [-0.4, -0.2) is 23.8 Å². The van der Waals surface area contributed by atoms with Crippen molar-refractivity contribution in [2.24, 2.45) is 10.9 Å². The quantitative estimate of drug-likeness (QED) is 0.621. The molecule has 0 aromatic heterocycles. The summed E-state index contributed by atoms with van der Waals surface area (Å²) in [5, 5.41) is 8.84. The van der Waals surface area contributed by atoms with Crippen LogP contribution in [0.15, 0.2) is 23.2 Å². The Morgan fingerprint density at radius 1 is 1.50 bits per heavy atom. The SMILES string of the molecule is CC(C)CCOc1ccc(C(=O)O)cc1N=C=O. The lowest BCUT2D eigenvalue weighted by Crippen LogP contribution is -2.02. The summed E-state index contributed by atoms with van der Waals surface area (Å²) in [4.78, 5) is 24.5. The van der Waals surface area contributed by atoms with E-state index in [2.05, 4.69) is 18.8 Å². The van der Waals surface area contributed by atoms with Crippen molar-refractivity contribution in [3.63, 3.8) is 0 Å². The number of aliphatic imine (C=N–C) groups is 1. The second-order valence-corrected chi connectivity index (χ2v) is 4.22. The van der Waals surface area contributed by atoms with Crippen LogP contribution in [0.3, 0.4) is 0 Å². The van der Waals surface area contributed by atoms with E-state index in [1.807, 2.05) is 0 Å². The lowest BCUT2D eigenvalue weighted by Gasteiger charge is -2.10. The fraction of sp³-hybridized carbons (Fsp3) is 0.385. The average molecular weight is 249 g/mol. The lowest BCUT2D eigenvalue weighted by atomic mass is 10.1. The van der Waals surface area contributed by atoms with Crippen molar-refractivity contribution in [3.05, 3.63) is 23.8 Å². The van der Waals surface area contributed by atoms with Crippen LogP contribution in [0.5, 0.6) is 5.75 Å². The summed E-state index contributed by atoms with van der Waals surface area (Å²) in [6, 6.07) is 4.20. The fourth-order valence-electron chi connectivity index (χ4n) is 1.31. The van der Waals surface area contributed by atoms with Crippen LogP contribution in [0.25, 0.3) is 0 Å². The van der Waals surface area contributed by atoms with Gasteiger partial charge in [0.2, 0.25) is 6.08 Å². The Morgan fingerprint density at radius 2 is 2.22 bits per heavy atom. The number of isocyanates is 1. The molecule has 0 heterocycles. The monoisotopic (exact) mass is 249 g/mol. The normalized spacial score (nSPS) is 9.94. The predicted octanol–water partition coefficient (Wildman–Crippen LogP) is 2.78. The zero-order valence-corrected chi connectivity index (χ0v) is 10.3. The van der Waals surface area contributed by atoms with Crippen molar-refractivity contribution in [1.29, 1.82) is 0 Å². The first-order chi connectivity index (χ1) is 8.54. The van der Waals surface area contributed by atoms with Crippen LogP contribution in [-0.2, 0) is 4.79 Å². The van der Waals surface area contributed by atoms with Crippen molar-refractivity contribution in [1.82, 2.24) is 0 Å². The highest BCUT2D eigenvalue weighted by Gasteiger charge is 2.09. The van der Waals surface area contributed by atoms with Gasteiger partial charge in [0.1, 0.15) is 11.4 Å². The number of carbonyl (C=O) groups is 1. The molecule has 0 aliphatic carbocycles. The van der Waals surface area contributed by atoms with Gasteiger partial charge in [-0.25, -0.2) is 9.59 Å². The molecule has 0 atom stereocenters. The van der Waals surface area contributed by atoms with Gasteiger partial charge in [-0.2, -0.15) is 4.99 Å². The van der Waals surface area contributed by atoms with Gasteiger partial charge in [-0.05, 0) is 30.5 Å². The molecular weight excluding hydrogens is 234 g/mol. The third-order valence-electron chi connectivity index (χ3n) is 2.32. The van der Waals surface area contributed by atoms with Crippen LogP contribution in [0.2, 0.25) is 0 Å². The van der Waals surface area contributed by atoms with Gasteiger partial charge in [-0.15, -0.1) is 0 Å². The summed E-state index contributed by atoms with van der Waals surface area (Å²) < 4.78 is 5.47. The number of carbonyl (C=O) groups excluding carboxylic acids is 1. The predicted molar refractivity (Wildman–Crippen MR) is 66.1 cm³/mol. The number of nitrogens with zero attached hydrogens (tertiary/aromatic N) is 1. The Labute approximate surface area is 105 Å². The largest absolute Gasteiger partial charge is 0.491 e. The van der Waals surface area contributed by atoms with Gasteiger partial charge in [0.15, 0.2) is 0 Å². The van der Waals surface area contributed by atoms with Gasteiger partial charge in [0.25, 0.3) is 0 Å². The maximum atomic E-state index is 10.8. The molecule has 0 spiro atoms. The first kappa shape index (κ1) is 13.9. The molecule has 0 saturated heterocycles. The van der Waals surface area contributed by atoms with E-state index in [0.717, 1.165) is 6.42 Å². The highest BCUT2D eigenvalue weighted by Crippen LogP contribution is 2.28. The summed E-state index contributed by atoms with van der Waals surface area (Å²) in [6.07, 6.45) is 2.26. The van der Waals surface area contributed by atoms with Crippen molar-refractivity contribution in [2.75, 3.05) is 6.61 Å². The van der Waals surface area contributed by atoms with Crippen LogP contribution in [0.1, 0.15) is 30.6 Å². The minimum absolute atomic E-state index is 0.0557. The Balaban J connectivity index is 2.89. The molecule has 0 unspecified atom stereocenters. The molecule has 0 aliphatic heterocycles. The highest BCUT2D eigenvalue weighted by atomic mass is 16.5. The number of hydrogen-bond donors (Lipinski definition) is 1. The smallest absolute Gasteiger partial charge is 0.335 e. The molecular formula is C13H15NO4. The summed E-state index contributed by atoms with van der Waals surface area (Å²) >= 11 is 0. The Bertz CT molecular complexity index is 476. The van der Waals surface area contributed by atoms with Crippen molar-refractivity contribution in [2.45, 2.75) is 20.3 Å². The number of rotatable bonds is 6. The Morgan fingerprint density at radius 3 is 2.78 bits per heavy atom. The number of benzene rings is 1. The Hall–Kier alpha value is -2.13. The molecule has 0 saturated carbocycles. The van der Waals surface area contributed by atoms with Crippen LogP contribution < -0.4 is 4.74 Å².